The third kappa shape index (κ3) is 3.57. The van der Waals surface area contributed by atoms with Crippen molar-refractivity contribution in [3.05, 3.63) is 46.2 Å². The number of nitro benzene ring substituents is 1. The highest BCUT2D eigenvalue weighted by molar-refractivity contribution is 8.14. The van der Waals surface area contributed by atoms with Gasteiger partial charge in [0.1, 0.15) is 0 Å². The molecule has 0 radical (unpaired) electrons. The molecule has 1 heterocycles. The van der Waals surface area contributed by atoms with Crippen molar-refractivity contribution in [2.24, 2.45) is 4.99 Å². The lowest BCUT2D eigenvalue weighted by Gasteiger charge is -2.12. The Bertz CT molecular complexity index is 533. The Morgan fingerprint density at radius 2 is 2.11 bits per heavy atom. The summed E-state index contributed by atoms with van der Waals surface area (Å²) in [5.41, 5.74) is 2.05. The summed E-state index contributed by atoms with van der Waals surface area (Å²) < 4.78 is 0. The zero-order valence-corrected chi connectivity index (χ0v) is 11.7. The maximum atomic E-state index is 10.6. The summed E-state index contributed by atoms with van der Waals surface area (Å²) in [5, 5.41) is 11.5. The Hall–Kier alpha value is -1.82. The molecule has 2 rings (SSSR count). The third-order valence-corrected chi connectivity index (χ3v) is 3.48. The molecule has 1 aromatic rings. The van der Waals surface area contributed by atoms with Crippen molar-refractivity contribution in [2.45, 2.75) is 13.8 Å². The number of allylic oxidation sites excluding steroid dienone is 1. The Morgan fingerprint density at radius 3 is 2.68 bits per heavy atom. The molecule has 1 fully saturated rings. The molecule has 0 aliphatic carbocycles. The van der Waals surface area contributed by atoms with Crippen LogP contribution in [-0.2, 0) is 0 Å². The van der Waals surface area contributed by atoms with Crippen molar-refractivity contribution in [1.29, 1.82) is 0 Å². The molecule has 0 atom stereocenters. The molecule has 1 aliphatic heterocycles. The van der Waals surface area contributed by atoms with Gasteiger partial charge in [-0.3, -0.25) is 10.1 Å². The molecule has 0 spiro atoms. The van der Waals surface area contributed by atoms with Crippen molar-refractivity contribution in [3.8, 4) is 0 Å². The van der Waals surface area contributed by atoms with Crippen LogP contribution in [-0.4, -0.2) is 27.3 Å². The highest BCUT2D eigenvalue weighted by atomic mass is 32.2. The first-order valence-electron chi connectivity index (χ1n) is 5.94. The van der Waals surface area contributed by atoms with Gasteiger partial charge in [-0.05, 0) is 26.0 Å². The predicted molar refractivity (Wildman–Crippen MR) is 78.8 cm³/mol. The lowest BCUT2D eigenvalue weighted by atomic mass is 10.3. The average molecular weight is 277 g/mol. The third-order valence-electron chi connectivity index (χ3n) is 2.51. The van der Waals surface area contributed by atoms with Crippen LogP contribution in [0.1, 0.15) is 13.8 Å². The van der Waals surface area contributed by atoms with E-state index in [0.29, 0.717) is 0 Å². The van der Waals surface area contributed by atoms with E-state index in [1.165, 1.54) is 17.7 Å². The predicted octanol–water partition coefficient (Wildman–Crippen LogP) is 3.55. The largest absolute Gasteiger partial charge is 0.327 e. The van der Waals surface area contributed by atoms with Gasteiger partial charge in [-0.25, -0.2) is 4.99 Å². The van der Waals surface area contributed by atoms with Crippen molar-refractivity contribution in [2.75, 3.05) is 12.3 Å². The Labute approximate surface area is 116 Å². The van der Waals surface area contributed by atoms with E-state index < -0.39 is 4.92 Å². The van der Waals surface area contributed by atoms with E-state index in [1.807, 2.05) is 13.8 Å². The second-order valence-corrected chi connectivity index (χ2v) is 5.48. The molecular formula is C13H15N3O2S. The smallest absolute Gasteiger partial charge is 0.269 e. The molecule has 100 valence electrons. The van der Waals surface area contributed by atoms with Crippen LogP contribution in [0.3, 0.4) is 0 Å². The minimum absolute atomic E-state index is 0.0872. The van der Waals surface area contributed by atoms with Crippen LogP contribution in [0.15, 0.2) is 41.0 Å². The van der Waals surface area contributed by atoms with E-state index in [4.69, 9.17) is 0 Å². The Balaban J connectivity index is 2.20. The van der Waals surface area contributed by atoms with Gasteiger partial charge in [0.15, 0.2) is 5.17 Å². The molecule has 6 heteroatoms. The van der Waals surface area contributed by atoms with Crippen LogP contribution in [0.5, 0.6) is 0 Å². The first-order chi connectivity index (χ1) is 9.06. The topological polar surface area (TPSA) is 58.7 Å². The van der Waals surface area contributed by atoms with Gasteiger partial charge in [-0.2, -0.15) is 0 Å². The van der Waals surface area contributed by atoms with Gasteiger partial charge >= 0.3 is 0 Å². The summed E-state index contributed by atoms with van der Waals surface area (Å²) in [7, 11) is 0. The van der Waals surface area contributed by atoms with Crippen LogP contribution in [0.4, 0.5) is 11.4 Å². The number of hydrogen-bond donors (Lipinski definition) is 0. The molecule has 0 N–H and O–H groups in total. The monoisotopic (exact) mass is 277 g/mol. The van der Waals surface area contributed by atoms with Gasteiger partial charge in [0.2, 0.25) is 0 Å². The SMILES string of the molecule is CC(C)=CN1CCS/C1=N\c1ccc([N+](=O)[O-])cc1. The zero-order chi connectivity index (χ0) is 13.8. The fourth-order valence-corrected chi connectivity index (χ4v) is 2.65. The number of thioether (sulfide) groups is 1. The molecule has 19 heavy (non-hydrogen) atoms. The van der Waals surface area contributed by atoms with Crippen LogP contribution >= 0.6 is 11.8 Å². The summed E-state index contributed by atoms with van der Waals surface area (Å²) in [6, 6.07) is 6.30. The quantitative estimate of drug-likeness (QED) is 0.626. The fraction of sp³-hybridized carbons (Fsp3) is 0.308. The molecular weight excluding hydrogens is 262 g/mol. The minimum atomic E-state index is -0.406. The van der Waals surface area contributed by atoms with Gasteiger partial charge in [-0.15, -0.1) is 0 Å². The lowest BCUT2D eigenvalue weighted by molar-refractivity contribution is -0.384. The van der Waals surface area contributed by atoms with Crippen molar-refractivity contribution >= 4 is 28.3 Å². The summed E-state index contributed by atoms with van der Waals surface area (Å²) in [6.07, 6.45) is 2.07. The van der Waals surface area contributed by atoms with Gasteiger partial charge in [0.05, 0.1) is 10.6 Å². The highest BCUT2D eigenvalue weighted by Crippen LogP contribution is 2.24. The average Bonchev–Trinajstić information content (AvgIpc) is 2.76. The normalized spacial score (nSPS) is 16.7. The van der Waals surface area contributed by atoms with Crippen LogP contribution in [0, 0.1) is 10.1 Å². The minimum Gasteiger partial charge on any atom is -0.327 e. The molecule has 0 aromatic heterocycles. The van der Waals surface area contributed by atoms with Gasteiger partial charge in [-0.1, -0.05) is 17.3 Å². The summed E-state index contributed by atoms with van der Waals surface area (Å²) in [4.78, 5) is 16.8. The van der Waals surface area contributed by atoms with E-state index >= 15 is 0 Å². The van der Waals surface area contributed by atoms with E-state index in [-0.39, 0.29) is 5.69 Å². The molecule has 0 bridgehead atoms. The number of nitrogens with zero attached hydrogens (tertiary/aromatic N) is 3. The lowest BCUT2D eigenvalue weighted by Crippen LogP contribution is -2.17. The number of nitro groups is 1. The highest BCUT2D eigenvalue weighted by Gasteiger charge is 2.17. The Morgan fingerprint density at radius 1 is 1.42 bits per heavy atom. The van der Waals surface area contributed by atoms with Crippen molar-refractivity contribution in [3.63, 3.8) is 0 Å². The second-order valence-electron chi connectivity index (χ2n) is 4.42. The van der Waals surface area contributed by atoms with E-state index in [2.05, 4.69) is 16.1 Å². The molecule has 0 amide bonds. The maximum Gasteiger partial charge on any atom is 0.269 e. The standard InChI is InChI=1S/C13H15N3O2S/c1-10(2)9-15-7-8-19-13(15)14-11-3-5-12(6-4-11)16(17)18/h3-6,9H,7-8H2,1-2H3/b14-13-. The number of rotatable bonds is 3. The summed E-state index contributed by atoms with van der Waals surface area (Å²) in [5.74, 6) is 1.01. The van der Waals surface area contributed by atoms with Crippen molar-refractivity contribution < 1.29 is 4.92 Å². The number of non-ortho nitro benzene ring substituents is 1. The first-order valence-corrected chi connectivity index (χ1v) is 6.92. The first kappa shape index (κ1) is 13.6. The summed E-state index contributed by atoms with van der Waals surface area (Å²) in [6.45, 7) is 5.04. The molecule has 1 aromatic carbocycles. The summed E-state index contributed by atoms with van der Waals surface area (Å²) >= 11 is 1.70. The van der Waals surface area contributed by atoms with Crippen LogP contribution in [0.2, 0.25) is 0 Å². The number of hydrogen-bond acceptors (Lipinski definition) is 4. The van der Waals surface area contributed by atoms with Gasteiger partial charge in [0.25, 0.3) is 5.69 Å². The fourth-order valence-electron chi connectivity index (χ4n) is 1.70. The Kier molecular flexibility index (Phi) is 4.21. The van der Waals surface area contributed by atoms with Gasteiger partial charge in [0, 0.05) is 30.6 Å². The molecule has 5 nitrogen and oxygen atoms in total. The number of benzene rings is 1. The van der Waals surface area contributed by atoms with Crippen LogP contribution in [0.25, 0.3) is 0 Å². The van der Waals surface area contributed by atoms with E-state index in [1.54, 1.807) is 23.9 Å². The molecule has 1 aliphatic rings. The van der Waals surface area contributed by atoms with E-state index in [0.717, 1.165) is 23.2 Å². The van der Waals surface area contributed by atoms with E-state index in [9.17, 15) is 10.1 Å². The number of amidine groups is 1. The molecule has 1 saturated heterocycles. The van der Waals surface area contributed by atoms with Gasteiger partial charge < -0.3 is 4.90 Å². The van der Waals surface area contributed by atoms with Crippen molar-refractivity contribution in [1.82, 2.24) is 4.90 Å². The van der Waals surface area contributed by atoms with Crippen LogP contribution < -0.4 is 0 Å². The molecule has 0 saturated carbocycles. The number of aliphatic imine (C=N–C) groups is 1. The maximum absolute atomic E-state index is 10.6. The molecule has 0 unspecified atom stereocenters. The second kappa shape index (κ2) is 5.88. The zero-order valence-electron chi connectivity index (χ0n) is 10.9.